The van der Waals surface area contributed by atoms with Gasteiger partial charge in [0.25, 0.3) is 5.91 Å². The highest BCUT2D eigenvalue weighted by Gasteiger charge is 2.08. The van der Waals surface area contributed by atoms with Crippen LogP contribution < -0.4 is 11.1 Å². The van der Waals surface area contributed by atoms with Crippen LogP contribution in [-0.4, -0.2) is 12.5 Å². The summed E-state index contributed by atoms with van der Waals surface area (Å²) >= 11 is 5.65. The van der Waals surface area contributed by atoms with Crippen molar-refractivity contribution in [1.29, 1.82) is 0 Å². The van der Waals surface area contributed by atoms with Crippen LogP contribution in [0.25, 0.3) is 0 Å². The van der Waals surface area contributed by atoms with Crippen LogP contribution in [0.15, 0.2) is 42.5 Å². The van der Waals surface area contributed by atoms with Gasteiger partial charge >= 0.3 is 0 Å². The Kier molecular flexibility index (Phi) is 4.94. The van der Waals surface area contributed by atoms with Crippen molar-refractivity contribution in [1.82, 2.24) is 0 Å². The van der Waals surface area contributed by atoms with Crippen LogP contribution in [-0.2, 0) is 0 Å². The van der Waals surface area contributed by atoms with Crippen molar-refractivity contribution < 1.29 is 9.18 Å². The molecule has 0 radical (unpaired) electrons. The highest BCUT2D eigenvalue weighted by molar-refractivity contribution is 6.31. The maximum Gasteiger partial charge on any atom is 0.255 e. The highest BCUT2D eigenvalue weighted by atomic mass is 35.5. The Morgan fingerprint density at radius 3 is 2.57 bits per heavy atom. The molecule has 0 saturated carbocycles. The number of halogens is 2. The van der Waals surface area contributed by atoms with Crippen LogP contribution >= 0.6 is 11.6 Å². The third-order valence-electron chi connectivity index (χ3n) is 2.66. The van der Waals surface area contributed by atoms with Gasteiger partial charge in [-0.05, 0) is 42.5 Å². The average molecular weight is 303 g/mol. The van der Waals surface area contributed by atoms with E-state index in [0.717, 1.165) is 11.6 Å². The maximum atomic E-state index is 13.0. The molecule has 21 heavy (non-hydrogen) atoms. The summed E-state index contributed by atoms with van der Waals surface area (Å²) in [7, 11) is 0. The highest BCUT2D eigenvalue weighted by Crippen LogP contribution is 2.17. The summed E-state index contributed by atoms with van der Waals surface area (Å²) in [4.78, 5) is 12.0. The van der Waals surface area contributed by atoms with Gasteiger partial charge in [0.1, 0.15) is 5.82 Å². The molecular weight excluding hydrogens is 291 g/mol. The molecule has 0 atom stereocenters. The van der Waals surface area contributed by atoms with Crippen molar-refractivity contribution in [2.24, 2.45) is 5.73 Å². The zero-order valence-electron chi connectivity index (χ0n) is 11.0. The third-order valence-corrected chi connectivity index (χ3v) is 2.95. The van der Waals surface area contributed by atoms with Gasteiger partial charge in [-0.25, -0.2) is 4.39 Å². The van der Waals surface area contributed by atoms with E-state index >= 15 is 0 Å². The van der Waals surface area contributed by atoms with E-state index in [1.807, 2.05) is 0 Å². The Balaban J connectivity index is 2.10. The van der Waals surface area contributed by atoms with E-state index in [9.17, 15) is 9.18 Å². The first-order valence-electron chi connectivity index (χ1n) is 6.15. The smallest absolute Gasteiger partial charge is 0.255 e. The van der Waals surface area contributed by atoms with Crippen LogP contribution in [0.5, 0.6) is 0 Å². The van der Waals surface area contributed by atoms with Gasteiger partial charge < -0.3 is 11.1 Å². The van der Waals surface area contributed by atoms with Crippen molar-refractivity contribution in [2.45, 2.75) is 0 Å². The summed E-state index contributed by atoms with van der Waals surface area (Å²) < 4.78 is 13.0. The van der Waals surface area contributed by atoms with E-state index in [1.165, 1.54) is 12.1 Å². The Bertz CT molecular complexity index is 717. The summed E-state index contributed by atoms with van der Waals surface area (Å²) in [6.45, 7) is 0.295. The molecule has 0 spiro atoms. The summed E-state index contributed by atoms with van der Waals surface area (Å²) in [6.07, 6.45) is 0. The molecule has 0 aliphatic carbocycles. The number of nitrogens with one attached hydrogen (secondary N) is 1. The minimum Gasteiger partial charge on any atom is -0.322 e. The Morgan fingerprint density at radius 2 is 1.95 bits per heavy atom. The van der Waals surface area contributed by atoms with Gasteiger partial charge in [0.05, 0.1) is 11.6 Å². The number of carbonyl (C=O) groups is 1. The van der Waals surface area contributed by atoms with Gasteiger partial charge in [-0.3, -0.25) is 4.79 Å². The van der Waals surface area contributed by atoms with Gasteiger partial charge in [-0.15, -0.1) is 0 Å². The van der Waals surface area contributed by atoms with Crippen LogP contribution in [0.2, 0.25) is 5.02 Å². The lowest BCUT2D eigenvalue weighted by atomic mass is 10.2. The van der Waals surface area contributed by atoms with Crippen LogP contribution in [0.4, 0.5) is 10.1 Å². The number of hydrogen-bond donors (Lipinski definition) is 2. The van der Waals surface area contributed by atoms with Crippen molar-refractivity contribution in [2.75, 3.05) is 11.9 Å². The van der Waals surface area contributed by atoms with Crippen molar-refractivity contribution in [3.63, 3.8) is 0 Å². The number of rotatable bonds is 2. The zero-order valence-corrected chi connectivity index (χ0v) is 11.7. The fraction of sp³-hybridized carbons (Fsp3) is 0.0625. The second kappa shape index (κ2) is 6.89. The molecule has 0 aliphatic rings. The van der Waals surface area contributed by atoms with Gasteiger partial charge in [-0.1, -0.05) is 23.4 Å². The van der Waals surface area contributed by atoms with Crippen LogP contribution in [0.3, 0.4) is 0 Å². The molecule has 3 N–H and O–H groups in total. The molecular formula is C16H12ClFN2O. The quantitative estimate of drug-likeness (QED) is 0.838. The lowest BCUT2D eigenvalue weighted by molar-refractivity contribution is 0.102. The van der Waals surface area contributed by atoms with E-state index < -0.39 is 5.82 Å². The van der Waals surface area contributed by atoms with Gasteiger partial charge in [-0.2, -0.15) is 0 Å². The second-order valence-corrected chi connectivity index (χ2v) is 4.57. The molecule has 2 aromatic carbocycles. The lowest BCUT2D eigenvalue weighted by Gasteiger charge is -2.06. The molecule has 3 nitrogen and oxygen atoms in total. The predicted octanol–water partition coefficient (Wildman–Crippen LogP) is 3.04. The molecule has 2 aromatic rings. The minimum absolute atomic E-state index is 0.0879. The van der Waals surface area contributed by atoms with Crippen molar-refractivity contribution in [3.8, 4) is 11.8 Å². The van der Waals surface area contributed by atoms with Crippen LogP contribution in [0.1, 0.15) is 15.9 Å². The standard InChI is InChI=1S/C16H12ClFN2O/c17-14-10-12(5-8-15(14)18)16(21)20-13-6-3-11(4-7-13)2-1-9-19/h3-8,10H,9,19H2,(H,20,21). The molecule has 0 bridgehead atoms. The summed E-state index contributed by atoms with van der Waals surface area (Å²) in [5.41, 5.74) is 7.00. The second-order valence-electron chi connectivity index (χ2n) is 4.17. The van der Waals surface area contributed by atoms with E-state index in [4.69, 9.17) is 17.3 Å². The zero-order chi connectivity index (χ0) is 15.2. The number of anilines is 1. The summed E-state index contributed by atoms with van der Waals surface area (Å²) in [5, 5.41) is 2.61. The Morgan fingerprint density at radius 1 is 1.24 bits per heavy atom. The molecule has 1 amide bonds. The summed E-state index contributed by atoms with van der Waals surface area (Å²) in [5.74, 6) is 4.70. The Hall–Kier alpha value is -2.35. The van der Waals surface area contributed by atoms with Gasteiger partial charge in [0.15, 0.2) is 0 Å². The number of hydrogen-bond acceptors (Lipinski definition) is 2. The van der Waals surface area contributed by atoms with Crippen molar-refractivity contribution >= 4 is 23.2 Å². The van der Waals surface area contributed by atoms with Gasteiger partial charge in [0.2, 0.25) is 0 Å². The Labute approximate surface area is 126 Å². The van der Waals surface area contributed by atoms with Crippen LogP contribution in [0, 0.1) is 17.7 Å². The van der Waals surface area contributed by atoms with E-state index in [-0.39, 0.29) is 16.5 Å². The van der Waals surface area contributed by atoms with E-state index in [1.54, 1.807) is 24.3 Å². The SMILES string of the molecule is NCC#Cc1ccc(NC(=O)c2ccc(F)c(Cl)c2)cc1. The number of nitrogens with two attached hydrogens (primary N) is 1. The number of carbonyl (C=O) groups excluding carboxylic acids is 1. The van der Waals surface area contributed by atoms with Crippen molar-refractivity contribution in [3.05, 3.63) is 64.4 Å². The monoisotopic (exact) mass is 302 g/mol. The first kappa shape index (κ1) is 15.0. The van der Waals surface area contributed by atoms with E-state index in [2.05, 4.69) is 17.2 Å². The minimum atomic E-state index is -0.559. The third kappa shape index (κ3) is 4.06. The molecule has 106 valence electrons. The molecule has 0 aliphatic heterocycles. The normalized spacial score (nSPS) is 9.67. The maximum absolute atomic E-state index is 13.0. The fourth-order valence-electron chi connectivity index (χ4n) is 1.63. The first-order valence-corrected chi connectivity index (χ1v) is 6.53. The molecule has 0 unspecified atom stereocenters. The summed E-state index contributed by atoms with van der Waals surface area (Å²) in [6, 6.07) is 10.8. The van der Waals surface area contributed by atoms with E-state index in [0.29, 0.717) is 12.2 Å². The molecule has 5 heteroatoms. The number of amides is 1. The fourth-order valence-corrected chi connectivity index (χ4v) is 1.81. The topological polar surface area (TPSA) is 55.1 Å². The van der Waals surface area contributed by atoms with Gasteiger partial charge in [0, 0.05) is 16.8 Å². The predicted molar refractivity (Wildman–Crippen MR) is 81.7 cm³/mol. The average Bonchev–Trinajstić information content (AvgIpc) is 2.49. The molecule has 0 heterocycles. The molecule has 0 saturated heterocycles. The molecule has 2 rings (SSSR count). The molecule has 0 aromatic heterocycles. The molecule has 0 fully saturated rings. The lowest BCUT2D eigenvalue weighted by Crippen LogP contribution is -2.11. The first-order chi connectivity index (χ1) is 10.1. The largest absolute Gasteiger partial charge is 0.322 e. The number of benzene rings is 2.